The van der Waals surface area contributed by atoms with Crippen molar-refractivity contribution in [2.75, 3.05) is 32.5 Å². The summed E-state index contributed by atoms with van der Waals surface area (Å²) >= 11 is 2.23. The molecule has 0 aliphatic carbocycles. The van der Waals surface area contributed by atoms with E-state index in [1.54, 1.807) is 0 Å². The van der Waals surface area contributed by atoms with Gasteiger partial charge in [0.05, 0.1) is 0 Å². The van der Waals surface area contributed by atoms with Crippen LogP contribution in [0.3, 0.4) is 0 Å². The first-order valence-corrected chi connectivity index (χ1v) is 9.94. The zero-order valence-electron chi connectivity index (χ0n) is 13.5. The first kappa shape index (κ1) is 18.6. The van der Waals surface area contributed by atoms with Crippen LogP contribution in [0.15, 0.2) is 18.2 Å². The molecule has 1 saturated heterocycles. The van der Waals surface area contributed by atoms with Crippen molar-refractivity contribution in [1.29, 1.82) is 0 Å². The molecular weight excluding hydrogens is 429 g/mol. The lowest BCUT2D eigenvalue weighted by molar-refractivity contribution is -0.120. The summed E-state index contributed by atoms with van der Waals surface area (Å²) in [4.78, 5) is 12.4. The summed E-state index contributed by atoms with van der Waals surface area (Å²) in [6.07, 6.45) is 1.09. The highest BCUT2D eigenvalue weighted by molar-refractivity contribution is 14.1. The highest BCUT2D eigenvalue weighted by Crippen LogP contribution is 2.24. The number of hydrogen-bond acceptors (Lipinski definition) is 3. The van der Waals surface area contributed by atoms with E-state index in [9.17, 15) is 13.2 Å². The SMILES string of the molecule is Cc1cc(I)ccc1NC(=O)C1CCN(S(=O)(=O)N(C)C)CC1. The van der Waals surface area contributed by atoms with Gasteiger partial charge in [-0.15, -0.1) is 0 Å². The van der Waals surface area contributed by atoms with Crippen LogP contribution in [0.5, 0.6) is 0 Å². The Bertz CT molecular complexity index is 683. The van der Waals surface area contributed by atoms with E-state index in [0.717, 1.165) is 14.8 Å². The quantitative estimate of drug-likeness (QED) is 0.713. The topological polar surface area (TPSA) is 69.7 Å². The second-order valence-electron chi connectivity index (χ2n) is 5.91. The molecule has 1 aliphatic heterocycles. The first-order chi connectivity index (χ1) is 10.7. The maximum absolute atomic E-state index is 12.4. The maximum atomic E-state index is 12.4. The molecule has 0 unspecified atom stereocenters. The number of nitrogens with one attached hydrogen (secondary N) is 1. The number of piperidine rings is 1. The molecule has 1 amide bonds. The molecule has 1 aliphatic rings. The molecule has 0 aromatic heterocycles. The largest absolute Gasteiger partial charge is 0.326 e. The predicted octanol–water partition coefficient (Wildman–Crippen LogP) is 2.06. The average Bonchev–Trinajstić information content (AvgIpc) is 2.50. The summed E-state index contributed by atoms with van der Waals surface area (Å²) < 4.78 is 27.9. The van der Waals surface area contributed by atoms with E-state index in [4.69, 9.17) is 0 Å². The van der Waals surface area contributed by atoms with Crippen LogP contribution in [0.1, 0.15) is 18.4 Å². The van der Waals surface area contributed by atoms with Crippen molar-refractivity contribution in [1.82, 2.24) is 8.61 Å². The Morgan fingerprint density at radius 1 is 1.30 bits per heavy atom. The number of anilines is 1. The Hall–Kier alpha value is -0.710. The van der Waals surface area contributed by atoms with E-state index in [1.165, 1.54) is 22.7 Å². The highest BCUT2D eigenvalue weighted by Gasteiger charge is 2.32. The summed E-state index contributed by atoms with van der Waals surface area (Å²) in [5.74, 6) is -0.182. The molecule has 1 heterocycles. The number of aryl methyl sites for hydroxylation is 1. The van der Waals surface area contributed by atoms with E-state index in [0.29, 0.717) is 25.9 Å². The number of carbonyl (C=O) groups excluding carboxylic acids is 1. The van der Waals surface area contributed by atoms with Gasteiger partial charge in [0.1, 0.15) is 0 Å². The van der Waals surface area contributed by atoms with Gasteiger partial charge in [-0.05, 0) is 66.1 Å². The Labute approximate surface area is 151 Å². The normalized spacial score (nSPS) is 17.4. The van der Waals surface area contributed by atoms with Gasteiger partial charge in [0.15, 0.2) is 0 Å². The molecule has 23 heavy (non-hydrogen) atoms. The first-order valence-electron chi connectivity index (χ1n) is 7.46. The van der Waals surface area contributed by atoms with Crippen molar-refractivity contribution in [2.24, 2.45) is 5.92 Å². The molecule has 2 rings (SSSR count). The maximum Gasteiger partial charge on any atom is 0.281 e. The standard InChI is InChI=1S/C15H22IN3O3S/c1-11-10-13(16)4-5-14(11)17-15(20)12-6-8-19(9-7-12)23(21,22)18(2)3/h4-5,10,12H,6-9H2,1-3H3,(H,17,20). The molecule has 8 heteroatoms. The minimum Gasteiger partial charge on any atom is -0.326 e. The van der Waals surface area contributed by atoms with Gasteiger partial charge >= 0.3 is 0 Å². The molecule has 128 valence electrons. The number of nitrogens with zero attached hydrogens (tertiary/aromatic N) is 2. The monoisotopic (exact) mass is 451 g/mol. The molecule has 1 aromatic rings. The van der Waals surface area contributed by atoms with Gasteiger partial charge in [-0.25, -0.2) is 0 Å². The minimum absolute atomic E-state index is 0.0313. The molecule has 0 bridgehead atoms. The lowest BCUT2D eigenvalue weighted by Crippen LogP contribution is -2.46. The number of rotatable bonds is 4. The second kappa shape index (κ2) is 7.45. The third-order valence-electron chi connectivity index (χ3n) is 4.06. The lowest BCUT2D eigenvalue weighted by Gasteiger charge is -2.32. The third-order valence-corrected chi connectivity index (χ3v) is 6.67. The van der Waals surface area contributed by atoms with Crippen LogP contribution < -0.4 is 5.32 Å². The van der Waals surface area contributed by atoms with Gasteiger partial charge < -0.3 is 5.32 Å². The second-order valence-corrected chi connectivity index (χ2v) is 9.30. The van der Waals surface area contributed by atoms with E-state index in [1.807, 2.05) is 25.1 Å². The Kier molecular flexibility index (Phi) is 6.04. The summed E-state index contributed by atoms with van der Waals surface area (Å²) in [6, 6.07) is 5.87. The summed E-state index contributed by atoms with van der Waals surface area (Å²) in [5, 5.41) is 2.96. The fraction of sp³-hybridized carbons (Fsp3) is 0.533. The molecule has 0 atom stereocenters. The number of carbonyl (C=O) groups is 1. The zero-order valence-corrected chi connectivity index (χ0v) is 16.5. The summed E-state index contributed by atoms with van der Waals surface area (Å²) in [7, 11) is -0.342. The number of amides is 1. The van der Waals surface area contributed by atoms with Gasteiger partial charge in [-0.1, -0.05) is 0 Å². The van der Waals surface area contributed by atoms with Crippen LogP contribution in [-0.4, -0.2) is 50.1 Å². The van der Waals surface area contributed by atoms with Crippen LogP contribution in [-0.2, 0) is 15.0 Å². The molecular formula is C15H22IN3O3S. The average molecular weight is 451 g/mol. The summed E-state index contributed by atoms with van der Waals surface area (Å²) in [5.41, 5.74) is 1.84. The zero-order chi connectivity index (χ0) is 17.2. The van der Waals surface area contributed by atoms with Crippen LogP contribution in [0.4, 0.5) is 5.69 Å². The van der Waals surface area contributed by atoms with Gasteiger partial charge in [-0.2, -0.15) is 17.0 Å². The van der Waals surface area contributed by atoms with Gasteiger partial charge in [0.25, 0.3) is 10.2 Å². The Balaban J connectivity index is 1.96. The Morgan fingerprint density at radius 2 is 1.91 bits per heavy atom. The van der Waals surface area contributed by atoms with Gasteiger partial charge in [0, 0.05) is 42.4 Å². The predicted molar refractivity (Wildman–Crippen MR) is 99.4 cm³/mol. The number of hydrogen-bond donors (Lipinski definition) is 1. The van der Waals surface area contributed by atoms with E-state index < -0.39 is 10.2 Å². The van der Waals surface area contributed by atoms with Crippen molar-refractivity contribution >= 4 is 44.4 Å². The molecule has 0 spiro atoms. The molecule has 0 radical (unpaired) electrons. The molecule has 1 aromatic carbocycles. The summed E-state index contributed by atoms with van der Waals surface area (Å²) in [6.45, 7) is 2.72. The van der Waals surface area contributed by atoms with E-state index in [2.05, 4.69) is 27.9 Å². The lowest BCUT2D eigenvalue weighted by atomic mass is 9.97. The van der Waals surface area contributed by atoms with Crippen LogP contribution >= 0.6 is 22.6 Å². The van der Waals surface area contributed by atoms with Crippen molar-refractivity contribution < 1.29 is 13.2 Å². The smallest absolute Gasteiger partial charge is 0.281 e. The third kappa shape index (κ3) is 4.43. The van der Waals surface area contributed by atoms with Crippen molar-refractivity contribution in [2.45, 2.75) is 19.8 Å². The number of halogens is 1. The Morgan fingerprint density at radius 3 is 2.43 bits per heavy atom. The fourth-order valence-electron chi connectivity index (χ4n) is 2.58. The van der Waals surface area contributed by atoms with Crippen LogP contribution in [0.25, 0.3) is 0 Å². The van der Waals surface area contributed by atoms with Crippen LogP contribution in [0, 0.1) is 16.4 Å². The van der Waals surface area contributed by atoms with Gasteiger partial charge in [0.2, 0.25) is 5.91 Å². The fourth-order valence-corrected chi connectivity index (χ4v) is 4.36. The van der Waals surface area contributed by atoms with Crippen molar-refractivity contribution in [3.05, 3.63) is 27.3 Å². The van der Waals surface area contributed by atoms with Crippen molar-refractivity contribution in [3.63, 3.8) is 0 Å². The van der Waals surface area contributed by atoms with E-state index >= 15 is 0 Å². The minimum atomic E-state index is -3.39. The molecule has 6 nitrogen and oxygen atoms in total. The van der Waals surface area contributed by atoms with Crippen LogP contribution in [0.2, 0.25) is 0 Å². The van der Waals surface area contributed by atoms with Gasteiger partial charge in [-0.3, -0.25) is 4.79 Å². The van der Waals surface area contributed by atoms with Crippen molar-refractivity contribution in [3.8, 4) is 0 Å². The molecule has 0 saturated carbocycles. The molecule has 1 N–H and O–H groups in total. The molecule has 1 fully saturated rings. The van der Waals surface area contributed by atoms with E-state index in [-0.39, 0.29) is 11.8 Å². The number of benzene rings is 1. The highest BCUT2D eigenvalue weighted by atomic mass is 127.